The van der Waals surface area contributed by atoms with Gasteiger partial charge in [0.15, 0.2) is 0 Å². The Bertz CT molecular complexity index is 417. The SMILES string of the molecule is COC(=O)N[C@H]1CCc2ccc(OC)cc2C1. The third kappa shape index (κ3) is 2.70. The van der Waals surface area contributed by atoms with Crippen molar-refractivity contribution in [1.29, 1.82) is 0 Å². The maximum absolute atomic E-state index is 11.2. The summed E-state index contributed by atoms with van der Waals surface area (Å²) >= 11 is 0. The number of nitrogens with one attached hydrogen (secondary N) is 1. The van der Waals surface area contributed by atoms with Gasteiger partial charge in [0.25, 0.3) is 0 Å². The minimum Gasteiger partial charge on any atom is -0.497 e. The summed E-state index contributed by atoms with van der Waals surface area (Å²) in [6, 6.07) is 6.28. The summed E-state index contributed by atoms with van der Waals surface area (Å²) in [6.07, 6.45) is 2.41. The van der Waals surface area contributed by atoms with Crippen LogP contribution in [-0.4, -0.2) is 26.4 Å². The van der Waals surface area contributed by atoms with Gasteiger partial charge in [-0.3, -0.25) is 0 Å². The van der Waals surface area contributed by atoms with Crippen molar-refractivity contribution in [2.24, 2.45) is 0 Å². The molecule has 0 bridgehead atoms. The Hall–Kier alpha value is -1.71. The summed E-state index contributed by atoms with van der Waals surface area (Å²) in [5.74, 6) is 0.863. The van der Waals surface area contributed by atoms with Crippen molar-refractivity contribution in [3.8, 4) is 5.75 Å². The maximum atomic E-state index is 11.2. The van der Waals surface area contributed by atoms with Gasteiger partial charge in [0.2, 0.25) is 0 Å². The van der Waals surface area contributed by atoms with E-state index in [0.717, 1.165) is 25.0 Å². The molecule has 0 spiro atoms. The Kier molecular flexibility index (Phi) is 3.52. The highest BCUT2D eigenvalue weighted by Gasteiger charge is 2.20. The molecule has 0 radical (unpaired) electrons. The van der Waals surface area contributed by atoms with E-state index in [1.807, 2.05) is 12.1 Å². The average Bonchev–Trinajstić information content (AvgIpc) is 2.37. The van der Waals surface area contributed by atoms with Crippen molar-refractivity contribution in [1.82, 2.24) is 5.32 Å². The van der Waals surface area contributed by atoms with Crippen molar-refractivity contribution < 1.29 is 14.3 Å². The van der Waals surface area contributed by atoms with Gasteiger partial charge in [-0.25, -0.2) is 4.79 Å². The molecular weight excluding hydrogens is 218 g/mol. The van der Waals surface area contributed by atoms with E-state index in [1.54, 1.807) is 7.11 Å². The highest BCUT2D eigenvalue weighted by Crippen LogP contribution is 2.25. The van der Waals surface area contributed by atoms with Gasteiger partial charge >= 0.3 is 6.09 Å². The predicted molar refractivity (Wildman–Crippen MR) is 64.3 cm³/mol. The van der Waals surface area contributed by atoms with Crippen LogP contribution in [0.25, 0.3) is 0 Å². The molecule has 1 aliphatic carbocycles. The third-order valence-corrected chi connectivity index (χ3v) is 3.15. The second-order valence-corrected chi connectivity index (χ2v) is 4.21. The van der Waals surface area contributed by atoms with Gasteiger partial charge in [-0.05, 0) is 42.5 Å². The van der Waals surface area contributed by atoms with Crippen LogP contribution >= 0.6 is 0 Å². The molecule has 92 valence electrons. The summed E-state index contributed by atoms with van der Waals surface area (Å²) in [5, 5.41) is 2.84. The van der Waals surface area contributed by atoms with Crippen molar-refractivity contribution in [3.05, 3.63) is 29.3 Å². The summed E-state index contributed by atoms with van der Waals surface area (Å²) in [7, 11) is 3.05. The van der Waals surface area contributed by atoms with E-state index in [4.69, 9.17) is 4.74 Å². The van der Waals surface area contributed by atoms with E-state index < -0.39 is 0 Å². The molecule has 1 aliphatic rings. The highest BCUT2D eigenvalue weighted by molar-refractivity contribution is 5.67. The Morgan fingerprint density at radius 1 is 1.35 bits per heavy atom. The molecule has 0 saturated carbocycles. The zero-order chi connectivity index (χ0) is 12.3. The number of benzene rings is 1. The molecule has 0 unspecified atom stereocenters. The van der Waals surface area contributed by atoms with Crippen LogP contribution in [0.5, 0.6) is 5.75 Å². The van der Waals surface area contributed by atoms with Crippen LogP contribution in [0.1, 0.15) is 17.5 Å². The van der Waals surface area contributed by atoms with Crippen LogP contribution in [0.3, 0.4) is 0 Å². The Labute approximate surface area is 101 Å². The number of hydrogen-bond acceptors (Lipinski definition) is 3. The first-order chi connectivity index (χ1) is 8.22. The highest BCUT2D eigenvalue weighted by atomic mass is 16.5. The fourth-order valence-electron chi connectivity index (χ4n) is 2.21. The largest absolute Gasteiger partial charge is 0.497 e. The number of methoxy groups -OCH3 is 2. The van der Waals surface area contributed by atoms with E-state index in [-0.39, 0.29) is 12.1 Å². The zero-order valence-electron chi connectivity index (χ0n) is 10.2. The summed E-state index contributed by atoms with van der Waals surface area (Å²) < 4.78 is 9.82. The number of fused-ring (bicyclic) bond motifs is 1. The lowest BCUT2D eigenvalue weighted by Crippen LogP contribution is -2.38. The standard InChI is InChI=1S/C13H17NO3/c1-16-12-6-4-9-3-5-11(7-10(9)8-12)14-13(15)17-2/h4,6,8,11H,3,5,7H2,1-2H3,(H,14,15)/t11-/m0/s1. The molecule has 1 aromatic rings. The minimum absolute atomic E-state index is 0.155. The smallest absolute Gasteiger partial charge is 0.407 e. The quantitative estimate of drug-likeness (QED) is 0.851. The number of carbonyl (C=O) groups excluding carboxylic acids is 1. The topological polar surface area (TPSA) is 47.6 Å². The molecule has 1 N–H and O–H groups in total. The van der Waals surface area contributed by atoms with Crippen LogP contribution in [0.2, 0.25) is 0 Å². The number of ether oxygens (including phenoxy) is 2. The van der Waals surface area contributed by atoms with Crippen molar-refractivity contribution in [3.63, 3.8) is 0 Å². The van der Waals surface area contributed by atoms with E-state index in [9.17, 15) is 4.79 Å². The lowest BCUT2D eigenvalue weighted by atomic mass is 9.88. The molecule has 4 nitrogen and oxygen atoms in total. The molecule has 17 heavy (non-hydrogen) atoms. The lowest BCUT2D eigenvalue weighted by molar-refractivity contribution is 0.165. The fourth-order valence-corrected chi connectivity index (χ4v) is 2.21. The monoisotopic (exact) mass is 235 g/mol. The fraction of sp³-hybridized carbons (Fsp3) is 0.462. The predicted octanol–water partition coefficient (Wildman–Crippen LogP) is 1.91. The minimum atomic E-state index is -0.360. The van der Waals surface area contributed by atoms with Gasteiger partial charge < -0.3 is 14.8 Å². The number of carbonyl (C=O) groups is 1. The number of rotatable bonds is 2. The number of aryl methyl sites for hydroxylation is 1. The van der Waals surface area contributed by atoms with Gasteiger partial charge in [0.05, 0.1) is 14.2 Å². The number of amides is 1. The first-order valence-electron chi connectivity index (χ1n) is 5.73. The normalized spacial score (nSPS) is 18.1. The number of hydrogen-bond donors (Lipinski definition) is 1. The first kappa shape index (κ1) is 11.8. The zero-order valence-corrected chi connectivity index (χ0v) is 10.2. The van der Waals surface area contributed by atoms with Gasteiger partial charge in [0, 0.05) is 6.04 Å². The van der Waals surface area contributed by atoms with E-state index >= 15 is 0 Å². The summed E-state index contributed by atoms with van der Waals surface area (Å²) in [4.78, 5) is 11.2. The van der Waals surface area contributed by atoms with Gasteiger partial charge in [-0.2, -0.15) is 0 Å². The van der Waals surface area contributed by atoms with Crippen molar-refractivity contribution in [2.45, 2.75) is 25.3 Å². The molecule has 0 heterocycles. The summed E-state index contributed by atoms with van der Waals surface area (Å²) in [6.45, 7) is 0. The average molecular weight is 235 g/mol. The maximum Gasteiger partial charge on any atom is 0.407 e. The van der Waals surface area contributed by atoms with Gasteiger partial charge in [-0.1, -0.05) is 6.07 Å². The van der Waals surface area contributed by atoms with Crippen molar-refractivity contribution >= 4 is 6.09 Å². The summed E-state index contributed by atoms with van der Waals surface area (Å²) in [5.41, 5.74) is 2.59. The van der Waals surface area contributed by atoms with E-state index in [0.29, 0.717) is 0 Å². The van der Waals surface area contributed by atoms with E-state index in [1.165, 1.54) is 18.2 Å². The molecule has 1 aromatic carbocycles. The molecule has 0 aromatic heterocycles. The van der Waals surface area contributed by atoms with E-state index in [2.05, 4.69) is 16.1 Å². The molecule has 0 aliphatic heterocycles. The van der Waals surface area contributed by atoms with Crippen molar-refractivity contribution in [2.75, 3.05) is 14.2 Å². The molecule has 1 atom stereocenters. The first-order valence-corrected chi connectivity index (χ1v) is 5.73. The number of alkyl carbamates (subject to hydrolysis) is 1. The van der Waals surface area contributed by atoms with Gasteiger partial charge in [0.1, 0.15) is 5.75 Å². The van der Waals surface area contributed by atoms with Crippen LogP contribution in [0.15, 0.2) is 18.2 Å². The lowest BCUT2D eigenvalue weighted by Gasteiger charge is -2.25. The van der Waals surface area contributed by atoms with Crippen LogP contribution < -0.4 is 10.1 Å². The molecule has 0 saturated heterocycles. The Morgan fingerprint density at radius 2 is 2.18 bits per heavy atom. The molecule has 4 heteroatoms. The van der Waals surface area contributed by atoms with Gasteiger partial charge in [-0.15, -0.1) is 0 Å². The second kappa shape index (κ2) is 5.08. The Balaban J connectivity index is 2.08. The molecule has 1 amide bonds. The molecule has 0 fully saturated rings. The Morgan fingerprint density at radius 3 is 2.88 bits per heavy atom. The van der Waals surface area contributed by atoms with Crippen LogP contribution in [-0.2, 0) is 17.6 Å². The van der Waals surface area contributed by atoms with Crippen LogP contribution in [0.4, 0.5) is 4.79 Å². The van der Waals surface area contributed by atoms with Crippen LogP contribution in [0, 0.1) is 0 Å². The molecule has 2 rings (SSSR count). The third-order valence-electron chi connectivity index (χ3n) is 3.15. The molecular formula is C13H17NO3. The second-order valence-electron chi connectivity index (χ2n) is 4.21.